The lowest BCUT2D eigenvalue weighted by Gasteiger charge is -2.20. The number of hydrogen-bond donors (Lipinski definition) is 2. The zero-order valence-corrected chi connectivity index (χ0v) is 13.1. The van der Waals surface area contributed by atoms with Crippen molar-refractivity contribution in [2.45, 2.75) is 12.6 Å². The summed E-state index contributed by atoms with van der Waals surface area (Å²) in [5.74, 6) is 0. The standard InChI is InChI=1S/C14H17BrN2OS/c1-17(7-10-6-14(15)19-9-10)8-13(18)11-2-4-12(16)5-3-11/h2-6,9,13,18H,7-8,16H2,1H3. The molecule has 0 aliphatic rings. The van der Waals surface area contributed by atoms with Crippen molar-refractivity contribution >= 4 is 33.0 Å². The normalized spacial score (nSPS) is 12.8. The van der Waals surface area contributed by atoms with Crippen LogP contribution in [0, 0.1) is 0 Å². The number of halogens is 1. The molecule has 1 aromatic heterocycles. The molecule has 2 rings (SSSR count). The highest BCUT2D eigenvalue weighted by molar-refractivity contribution is 9.11. The average molecular weight is 341 g/mol. The van der Waals surface area contributed by atoms with Crippen LogP contribution in [-0.2, 0) is 6.54 Å². The number of hydrogen-bond acceptors (Lipinski definition) is 4. The molecule has 0 saturated heterocycles. The summed E-state index contributed by atoms with van der Waals surface area (Å²) in [5, 5.41) is 12.3. The van der Waals surface area contributed by atoms with Crippen molar-refractivity contribution in [2.24, 2.45) is 0 Å². The van der Waals surface area contributed by atoms with E-state index in [1.165, 1.54) is 5.56 Å². The van der Waals surface area contributed by atoms with Gasteiger partial charge in [-0.1, -0.05) is 12.1 Å². The van der Waals surface area contributed by atoms with Crippen LogP contribution in [0.25, 0.3) is 0 Å². The zero-order chi connectivity index (χ0) is 13.8. The van der Waals surface area contributed by atoms with Gasteiger partial charge >= 0.3 is 0 Å². The van der Waals surface area contributed by atoms with Crippen LogP contribution in [0.3, 0.4) is 0 Å². The van der Waals surface area contributed by atoms with E-state index in [4.69, 9.17) is 5.73 Å². The summed E-state index contributed by atoms with van der Waals surface area (Å²) in [5.41, 5.74) is 8.50. The van der Waals surface area contributed by atoms with Crippen LogP contribution >= 0.6 is 27.3 Å². The van der Waals surface area contributed by atoms with Crippen molar-refractivity contribution in [3.8, 4) is 0 Å². The Hall–Kier alpha value is -0.880. The van der Waals surface area contributed by atoms with Gasteiger partial charge in [-0.3, -0.25) is 4.90 Å². The summed E-state index contributed by atoms with van der Waals surface area (Å²) in [7, 11) is 2.01. The topological polar surface area (TPSA) is 49.5 Å². The first-order chi connectivity index (χ1) is 9.04. The van der Waals surface area contributed by atoms with Gasteiger partial charge in [0.2, 0.25) is 0 Å². The number of aliphatic hydroxyl groups excluding tert-OH is 1. The summed E-state index contributed by atoms with van der Waals surface area (Å²) in [6.45, 7) is 1.42. The number of anilines is 1. The van der Waals surface area contributed by atoms with Crippen LogP contribution in [0.4, 0.5) is 5.69 Å². The minimum absolute atomic E-state index is 0.493. The van der Waals surface area contributed by atoms with Gasteiger partial charge in [-0.25, -0.2) is 0 Å². The maximum Gasteiger partial charge on any atom is 0.0916 e. The summed E-state index contributed by atoms with van der Waals surface area (Å²) in [4.78, 5) is 2.11. The summed E-state index contributed by atoms with van der Waals surface area (Å²) >= 11 is 5.13. The van der Waals surface area contributed by atoms with Crippen molar-refractivity contribution in [1.82, 2.24) is 4.90 Å². The second-order valence-electron chi connectivity index (χ2n) is 4.64. The van der Waals surface area contributed by atoms with E-state index in [1.54, 1.807) is 11.3 Å². The van der Waals surface area contributed by atoms with Crippen molar-refractivity contribution in [1.29, 1.82) is 0 Å². The lowest BCUT2D eigenvalue weighted by molar-refractivity contribution is 0.124. The molecule has 102 valence electrons. The highest BCUT2D eigenvalue weighted by atomic mass is 79.9. The van der Waals surface area contributed by atoms with Crippen LogP contribution in [0.1, 0.15) is 17.2 Å². The minimum Gasteiger partial charge on any atom is -0.399 e. The first-order valence-electron chi connectivity index (χ1n) is 5.99. The first kappa shape index (κ1) is 14.5. The van der Waals surface area contributed by atoms with Gasteiger partial charge in [-0.15, -0.1) is 11.3 Å². The molecule has 1 aromatic carbocycles. The second-order valence-corrected chi connectivity index (χ2v) is 6.93. The van der Waals surface area contributed by atoms with E-state index in [9.17, 15) is 5.11 Å². The molecule has 0 saturated carbocycles. The van der Waals surface area contributed by atoms with Crippen molar-refractivity contribution < 1.29 is 5.11 Å². The van der Waals surface area contributed by atoms with Gasteiger partial charge in [0.1, 0.15) is 0 Å². The van der Waals surface area contributed by atoms with Crippen molar-refractivity contribution in [2.75, 3.05) is 19.3 Å². The number of nitrogens with zero attached hydrogens (tertiary/aromatic N) is 1. The quantitative estimate of drug-likeness (QED) is 0.821. The smallest absolute Gasteiger partial charge is 0.0916 e. The lowest BCUT2D eigenvalue weighted by Crippen LogP contribution is -2.24. The monoisotopic (exact) mass is 340 g/mol. The molecule has 19 heavy (non-hydrogen) atoms. The Bertz CT molecular complexity index is 526. The third-order valence-electron chi connectivity index (χ3n) is 2.88. The summed E-state index contributed by atoms with van der Waals surface area (Å²) in [6, 6.07) is 9.48. The number of nitrogens with two attached hydrogens (primary N) is 1. The van der Waals surface area contributed by atoms with Crippen molar-refractivity contribution in [3.63, 3.8) is 0 Å². The van der Waals surface area contributed by atoms with E-state index < -0.39 is 6.10 Å². The Morgan fingerprint density at radius 3 is 2.63 bits per heavy atom. The number of likely N-dealkylation sites (N-methyl/N-ethyl adjacent to an activating group) is 1. The minimum atomic E-state index is -0.493. The molecule has 1 atom stereocenters. The second kappa shape index (κ2) is 6.52. The molecule has 0 aliphatic heterocycles. The Morgan fingerprint density at radius 1 is 1.37 bits per heavy atom. The summed E-state index contributed by atoms with van der Waals surface area (Å²) in [6.07, 6.45) is -0.493. The number of rotatable bonds is 5. The number of nitrogen functional groups attached to an aromatic ring is 1. The highest BCUT2D eigenvalue weighted by Gasteiger charge is 2.11. The highest BCUT2D eigenvalue weighted by Crippen LogP contribution is 2.22. The van der Waals surface area contributed by atoms with Crippen LogP contribution in [0.5, 0.6) is 0 Å². The fourth-order valence-corrected chi connectivity index (χ4v) is 3.12. The van der Waals surface area contributed by atoms with Gasteiger partial charge in [-0.05, 0) is 57.7 Å². The Morgan fingerprint density at radius 2 is 2.05 bits per heavy atom. The van der Waals surface area contributed by atoms with Crippen LogP contribution in [0.15, 0.2) is 39.5 Å². The zero-order valence-electron chi connectivity index (χ0n) is 10.7. The fraction of sp³-hybridized carbons (Fsp3) is 0.286. The summed E-state index contributed by atoms with van der Waals surface area (Å²) < 4.78 is 1.13. The molecule has 0 radical (unpaired) electrons. The largest absolute Gasteiger partial charge is 0.399 e. The molecule has 1 heterocycles. The molecular formula is C14H17BrN2OS. The number of thiophene rings is 1. The van der Waals surface area contributed by atoms with Crippen LogP contribution in [-0.4, -0.2) is 23.6 Å². The van der Waals surface area contributed by atoms with E-state index >= 15 is 0 Å². The molecule has 0 aliphatic carbocycles. The Kier molecular flexibility index (Phi) is 4.99. The van der Waals surface area contributed by atoms with Gasteiger partial charge in [-0.2, -0.15) is 0 Å². The Labute approximate surface area is 125 Å². The van der Waals surface area contributed by atoms with Crippen molar-refractivity contribution in [3.05, 3.63) is 50.6 Å². The van der Waals surface area contributed by atoms with Gasteiger partial charge in [0, 0.05) is 18.8 Å². The molecule has 2 aromatic rings. The van der Waals surface area contributed by atoms with E-state index in [1.807, 2.05) is 31.3 Å². The van der Waals surface area contributed by atoms with E-state index in [0.717, 1.165) is 15.9 Å². The number of benzene rings is 1. The van der Waals surface area contributed by atoms with Gasteiger partial charge in [0.15, 0.2) is 0 Å². The Balaban J connectivity index is 1.91. The molecule has 0 fully saturated rings. The third kappa shape index (κ3) is 4.31. The molecule has 5 heteroatoms. The fourth-order valence-electron chi connectivity index (χ4n) is 1.92. The lowest BCUT2D eigenvalue weighted by atomic mass is 10.1. The van der Waals surface area contributed by atoms with Crippen LogP contribution in [0.2, 0.25) is 0 Å². The average Bonchev–Trinajstić information content (AvgIpc) is 2.75. The van der Waals surface area contributed by atoms with E-state index in [2.05, 4.69) is 32.3 Å². The molecule has 0 bridgehead atoms. The molecule has 0 spiro atoms. The SMILES string of the molecule is CN(Cc1csc(Br)c1)CC(O)c1ccc(N)cc1. The molecule has 1 unspecified atom stereocenters. The molecule has 3 N–H and O–H groups in total. The molecular weight excluding hydrogens is 324 g/mol. The van der Waals surface area contributed by atoms with Gasteiger partial charge in [0.25, 0.3) is 0 Å². The predicted octanol–water partition coefficient (Wildman–Crippen LogP) is 3.26. The number of aliphatic hydroxyl groups is 1. The maximum absolute atomic E-state index is 10.2. The van der Waals surface area contributed by atoms with Gasteiger partial charge < -0.3 is 10.8 Å². The van der Waals surface area contributed by atoms with E-state index in [-0.39, 0.29) is 0 Å². The third-order valence-corrected chi connectivity index (χ3v) is 4.43. The molecule has 0 amide bonds. The van der Waals surface area contributed by atoms with E-state index in [0.29, 0.717) is 12.2 Å². The van der Waals surface area contributed by atoms with Crippen LogP contribution < -0.4 is 5.73 Å². The predicted molar refractivity (Wildman–Crippen MR) is 84.2 cm³/mol. The van der Waals surface area contributed by atoms with Gasteiger partial charge in [0.05, 0.1) is 9.89 Å². The first-order valence-corrected chi connectivity index (χ1v) is 7.67. The maximum atomic E-state index is 10.2. The molecule has 3 nitrogen and oxygen atoms in total.